The first-order chi connectivity index (χ1) is 11.7. The van der Waals surface area contributed by atoms with E-state index in [1.165, 1.54) is 25.7 Å². The molecule has 2 atom stereocenters. The molecule has 0 aliphatic carbocycles. The number of hydrogen-bond acceptors (Lipinski definition) is 4. The first kappa shape index (κ1) is 24.0. The summed E-state index contributed by atoms with van der Waals surface area (Å²) in [6.45, 7) is 8.89. The van der Waals surface area contributed by atoms with Gasteiger partial charge in [0.25, 0.3) is 0 Å². The van der Waals surface area contributed by atoms with E-state index in [1.807, 2.05) is 0 Å². The predicted octanol–water partition coefficient (Wildman–Crippen LogP) is 6.11. The van der Waals surface area contributed by atoms with E-state index < -0.39 is 8.03 Å². The fourth-order valence-corrected chi connectivity index (χ4v) is 3.20. The van der Waals surface area contributed by atoms with Crippen LogP contribution in [0.5, 0.6) is 0 Å². The van der Waals surface area contributed by atoms with Crippen molar-refractivity contribution in [3.63, 3.8) is 0 Å². The molecule has 0 N–H and O–H groups in total. The van der Waals surface area contributed by atoms with Gasteiger partial charge in [0.2, 0.25) is 0 Å². The average molecular weight is 363 g/mol. The van der Waals surface area contributed by atoms with Crippen LogP contribution in [0.15, 0.2) is 0 Å². The molecule has 0 saturated carbocycles. The van der Waals surface area contributed by atoms with Crippen LogP contribution in [-0.2, 0) is 18.6 Å². The Kier molecular flexibility index (Phi) is 19.3. The summed E-state index contributed by atoms with van der Waals surface area (Å²) in [6.07, 6.45) is 12.1. The van der Waals surface area contributed by atoms with Gasteiger partial charge in [-0.1, -0.05) is 59.3 Å². The lowest BCUT2D eigenvalue weighted by Crippen LogP contribution is -2.25. The van der Waals surface area contributed by atoms with Crippen LogP contribution in [-0.4, -0.2) is 38.7 Å². The van der Waals surface area contributed by atoms with Gasteiger partial charge in [-0.3, -0.25) is 0 Å². The van der Waals surface area contributed by atoms with Crippen LogP contribution < -0.4 is 0 Å². The molecule has 4 nitrogen and oxygen atoms in total. The minimum atomic E-state index is -1.56. The van der Waals surface area contributed by atoms with Gasteiger partial charge < -0.3 is 9.47 Å². The Morgan fingerprint density at radius 2 is 1.38 bits per heavy atom. The van der Waals surface area contributed by atoms with Gasteiger partial charge in [0, 0.05) is 13.2 Å². The lowest BCUT2D eigenvalue weighted by molar-refractivity contribution is -0.0372. The van der Waals surface area contributed by atoms with Crippen molar-refractivity contribution in [1.29, 1.82) is 0 Å². The highest BCUT2D eigenvalue weighted by molar-refractivity contribution is 7.39. The fourth-order valence-electron chi connectivity index (χ4n) is 2.25. The molecule has 0 aromatic heterocycles. The Bertz CT molecular complexity index is 274. The molecular weight excluding hydrogens is 323 g/mol. The number of hydrogen-bond donors (Lipinski definition) is 0. The number of rotatable bonds is 19. The lowest BCUT2D eigenvalue weighted by Gasteiger charge is -2.15. The van der Waals surface area contributed by atoms with Crippen LogP contribution in [0.3, 0.4) is 0 Å². The third-order valence-corrected chi connectivity index (χ3v) is 5.01. The van der Waals surface area contributed by atoms with E-state index in [0.717, 1.165) is 51.7 Å². The highest BCUT2D eigenvalue weighted by Crippen LogP contribution is 2.25. The summed E-state index contributed by atoms with van der Waals surface area (Å²) in [5.41, 5.74) is 0. The fraction of sp³-hybridized carbons (Fsp3) is 1.00. The highest BCUT2D eigenvalue weighted by atomic mass is 31.1. The standard InChI is InChI=1S/C19H40O4P/c1-4-7-10-11-12-13-16-24(20)23-18-19(22-15-9-6-3)17-21-14-8-5-2/h19H,4-18H2,1-3H3/q+1/t19-/m1/s1. The second kappa shape index (κ2) is 19.3. The van der Waals surface area contributed by atoms with Crippen molar-refractivity contribution in [3.05, 3.63) is 0 Å². The molecule has 0 saturated heterocycles. The van der Waals surface area contributed by atoms with Crippen LogP contribution in [0.4, 0.5) is 0 Å². The van der Waals surface area contributed by atoms with Gasteiger partial charge in [-0.15, -0.1) is 4.52 Å². The SMILES string of the molecule is CCCCCCCC[P+](=O)OC[C@@H](COCCCC)OCCCC. The molecule has 5 heteroatoms. The second-order valence-corrected chi connectivity index (χ2v) is 7.77. The van der Waals surface area contributed by atoms with Gasteiger partial charge in [-0.2, -0.15) is 0 Å². The lowest BCUT2D eigenvalue weighted by atomic mass is 10.1. The Morgan fingerprint density at radius 3 is 2.08 bits per heavy atom. The van der Waals surface area contributed by atoms with Crippen molar-refractivity contribution in [2.24, 2.45) is 0 Å². The maximum atomic E-state index is 12.0. The Morgan fingerprint density at radius 1 is 0.750 bits per heavy atom. The Balaban J connectivity index is 3.80. The van der Waals surface area contributed by atoms with Crippen LogP contribution in [0.1, 0.15) is 85.0 Å². The highest BCUT2D eigenvalue weighted by Gasteiger charge is 2.21. The zero-order valence-electron chi connectivity index (χ0n) is 16.3. The summed E-state index contributed by atoms with van der Waals surface area (Å²) in [5, 5.41) is 0. The largest absolute Gasteiger partial charge is 0.508 e. The van der Waals surface area contributed by atoms with Crippen molar-refractivity contribution in [3.8, 4) is 0 Å². The Hall–Kier alpha value is -0.0200. The minimum absolute atomic E-state index is 0.100. The normalized spacial score (nSPS) is 13.2. The van der Waals surface area contributed by atoms with Crippen LogP contribution in [0, 0.1) is 0 Å². The van der Waals surface area contributed by atoms with E-state index in [9.17, 15) is 4.57 Å². The predicted molar refractivity (Wildman–Crippen MR) is 102 cm³/mol. The van der Waals surface area contributed by atoms with Gasteiger partial charge in [0.05, 0.1) is 6.61 Å². The maximum absolute atomic E-state index is 12.0. The molecule has 0 aliphatic rings. The molecule has 0 fully saturated rings. The van der Waals surface area contributed by atoms with Crippen LogP contribution in [0.25, 0.3) is 0 Å². The van der Waals surface area contributed by atoms with Crippen molar-refractivity contribution in [1.82, 2.24) is 0 Å². The van der Waals surface area contributed by atoms with E-state index in [4.69, 9.17) is 14.0 Å². The molecule has 0 bridgehead atoms. The van der Waals surface area contributed by atoms with Gasteiger partial charge in [-0.25, -0.2) is 0 Å². The molecule has 0 rings (SSSR count). The molecular formula is C19H40O4P+. The smallest absolute Gasteiger partial charge is 0.379 e. The monoisotopic (exact) mass is 363 g/mol. The quantitative estimate of drug-likeness (QED) is 0.205. The molecule has 1 unspecified atom stereocenters. The maximum Gasteiger partial charge on any atom is 0.508 e. The van der Waals surface area contributed by atoms with E-state index >= 15 is 0 Å². The number of unbranched alkanes of at least 4 members (excludes halogenated alkanes) is 7. The van der Waals surface area contributed by atoms with E-state index in [-0.39, 0.29) is 6.10 Å². The van der Waals surface area contributed by atoms with Crippen molar-refractivity contribution < 1.29 is 18.6 Å². The van der Waals surface area contributed by atoms with Gasteiger partial charge in [-0.05, 0) is 30.2 Å². The van der Waals surface area contributed by atoms with E-state index in [1.54, 1.807) is 0 Å². The van der Waals surface area contributed by atoms with Gasteiger partial charge in [0.15, 0.2) is 6.16 Å². The molecule has 0 amide bonds. The van der Waals surface area contributed by atoms with Crippen molar-refractivity contribution >= 4 is 8.03 Å². The minimum Gasteiger partial charge on any atom is -0.379 e. The van der Waals surface area contributed by atoms with E-state index in [0.29, 0.717) is 19.4 Å². The summed E-state index contributed by atoms with van der Waals surface area (Å²) in [6, 6.07) is 0. The summed E-state index contributed by atoms with van der Waals surface area (Å²) in [4.78, 5) is 0. The molecule has 0 aliphatic heterocycles. The zero-order chi connectivity index (χ0) is 17.9. The second-order valence-electron chi connectivity index (χ2n) is 6.39. The zero-order valence-corrected chi connectivity index (χ0v) is 17.2. The first-order valence-corrected chi connectivity index (χ1v) is 11.4. The summed E-state index contributed by atoms with van der Waals surface area (Å²) < 4.78 is 28.9. The van der Waals surface area contributed by atoms with Crippen LogP contribution >= 0.6 is 8.03 Å². The van der Waals surface area contributed by atoms with Crippen molar-refractivity contribution in [2.45, 2.75) is 91.1 Å². The van der Waals surface area contributed by atoms with Gasteiger partial charge >= 0.3 is 8.03 Å². The Labute approximate surface area is 150 Å². The molecule has 144 valence electrons. The average Bonchev–Trinajstić information content (AvgIpc) is 2.59. The summed E-state index contributed by atoms with van der Waals surface area (Å²) >= 11 is 0. The molecule has 0 aromatic rings. The number of ether oxygens (including phenoxy) is 2. The van der Waals surface area contributed by atoms with Gasteiger partial charge in [0.1, 0.15) is 12.7 Å². The van der Waals surface area contributed by atoms with E-state index in [2.05, 4.69) is 20.8 Å². The summed E-state index contributed by atoms with van der Waals surface area (Å²) in [5.74, 6) is 0. The third-order valence-electron chi connectivity index (χ3n) is 3.90. The molecule has 0 aromatic carbocycles. The molecule has 0 radical (unpaired) electrons. The van der Waals surface area contributed by atoms with Crippen LogP contribution in [0.2, 0.25) is 0 Å². The first-order valence-electron chi connectivity index (χ1n) is 10.0. The van der Waals surface area contributed by atoms with Crippen molar-refractivity contribution in [2.75, 3.05) is 32.6 Å². The topological polar surface area (TPSA) is 44.8 Å². The summed E-state index contributed by atoms with van der Waals surface area (Å²) in [7, 11) is -1.56. The molecule has 24 heavy (non-hydrogen) atoms. The molecule has 0 heterocycles. The third kappa shape index (κ3) is 16.8. The molecule has 0 spiro atoms.